The molecule has 6 nitrogen and oxygen atoms in total. The van der Waals surface area contributed by atoms with Crippen LogP contribution in [0.1, 0.15) is 46.6 Å². The number of ether oxygens (including phenoxy) is 2. The summed E-state index contributed by atoms with van der Waals surface area (Å²) in [5.41, 5.74) is 1.35. The van der Waals surface area contributed by atoms with Crippen LogP contribution in [0.5, 0.6) is 5.75 Å². The largest absolute Gasteiger partial charge is 0.491 e. The predicted octanol–water partition coefficient (Wildman–Crippen LogP) is 3.53. The molecule has 0 radical (unpaired) electrons. The summed E-state index contributed by atoms with van der Waals surface area (Å²) in [6.07, 6.45) is 1.42. The molecule has 0 amide bonds. The molecule has 1 N–H and O–H groups in total. The minimum atomic E-state index is -0.568. The number of esters is 1. The highest BCUT2D eigenvalue weighted by Crippen LogP contribution is 2.28. The number of alkyl halides is 2. The summed E-state index contributed by atoms with van der Waals surface area (Å²) in [7, 11) is 0.151. The Bertz CT molecular complexity index is 693. The van der Waals surface area contributed by atoms with Crippen LogP contribution in [0.15, 0.2) is 18.2 Å². The topological polar surface area (TPSA) is 67.9 Å². The SMILES string of the molecule is CC(C)Oc1ccc(N(CCCl)CCCl)cc1C[C@@H](CC(=O)OC(C)(C)C)NBC=O. The Morgan fingerprint density at radius 1 is 1.23 bits per heavy atom. The van der Waals surface area contributed by atoms with E-state index in [0.717, 1.165) is 23.2 Å². The van der Waals surface area contributed by atoms with Crippen LogP contribution in [0.3, 0.4) is 0 Å². The summed E-state index contributed by atoms with van der Waals surface area (Å²) < 4.78 is 11.5. The lowest BCUT2D eigenvalue weighted by Gasteiger charge is -2.26. The number of carbonyl (C=O) groups excluding carboxylic acids is 2. The number of nitrogens with one attached hydrogen (secondary N) is 1. The zero-order valence-corrected chi connectivity index (χ0v) is 20.8. The minimum Gasteiger partial charge on any atom is -0.491 e. The zero-order valence-electron chi connectivity index (χ0n) is 19.2. The van der Waals surface area contributed by atoms with Gasteiger partial charge in [-0.2, -0.15) is 0 Å². The summed E-state index contributed by atoms with van der Waals surface area (Å²) in [6.45, 7) is 10.8. The molecular formula is C22H35BCl2N2O4. The van der Waals surface area contributed by atoms with E-state index in [4.69, 9.17) is 32.7 Å². The van der Waals surface area contributed by atoms with Crippen LogP contribution < -0.4 is 14.9 Å². The van der Waals surface area contributed by atoms with Gasteiger partial charge in [0.1, 0.15) is 11.4 Å². The third-order valence-corrected chi connectivity index (χ3v) is 4.61. The normalized spacial score (nSPS) is 12.4. The van der Waals surface area contributed by atoms with Crippen molar-refractivity contribution >= 4 is 48.5 Å². The number of anilines is 1. The molecule has 0 aromatic heterocycles. The van der Waals surface area contributed by atoms with Crippen molar-refractivity contribution in [2.24, 2.45) is 0 Å². The number of halogens is 2. The van der Waals surface area contributed by atoms with E-state index >= 15 is 0 Å². The Morgan fingerprint density at radius 2 is 1.87 bits per heavy atom. The van der Waals surface area contributed by atoms with E-state index in [0.29, 0.717) is 31.3 Å². The Labute approximate surface area is 197 Å². The Kier molecular flexibility index (Phi) is 12.3. The first-order valence-electron chi connectivity index (χ1n) is 10.6. The van der Waals surface area contributed by atoms with E-state index < -0.39 is 5.60 Å². The third-order valence-electron chi connectivity index (χ3n) is 4.27. The van der Waals surface area contributed by atoms with Crippen LogP contribution in [-0.4, -0.2) is 62.2 Å². The van der Waals surface area contributed by atoms with Gasteiger partial charge in [0, 0.05) is 36.6 Å². The smallest absolute Gasteiger partial charge is 0.307 e. The number of hydrogen-bond acceptors (Lipinski definition) is 6. The van der Waals surface area contributed by atoms with Crippen molar-refractivity contribution in [2.45, 2.75) is 65.2 Å². The molecule has 0 unspecified atom stereocenters. The van der Waals surface area contributed by atoms with Crippen molar-refractivity contribution in [1.29, 1.82) is 0 Å². The summed E-state index contributed by atoms with van der Waals surface area (Å²) in [5.74, 6) is 1.40. The third kappa shape index (κ3) is 11.1. The van der Waals surface area contributed by atoms with Gasteiger partial charge < -0.3 is 24.4 Å². The Balaban J connectivity index is 3.18. The van der Waals surface area contributed by atoms with E-state index in [-0.39, 0.29) is 32.0 Å². The molecule has 0 saturated carbocycles. The highest BCUT2D eigenvalue weighted by molar-refractivity contribution is 6.64. The Hall–Kier alpha value is -1.44. The maximum Gasteiger partial charge on any atom is 0.307 e. The van der Waals surface area contributed by atoms with Gasteiger partial charge in [0.25, 0.3) is 7.41 Å². The quantitative estimate of drug-likeness (QED) is 0.193. The monoisotopic (exact) mass is 472 g/mol. The molecule has 0 heterocycles. The molecule has 174 valence electrons. The molecule has 0 aliphatic rings. The first kappa shape index (κ1) is 27.6. The molecule has 0 saturated heterocycles. The second kappa shape index (κ2) is 13.9. The van der Waals surface area contributed by atoms with Crippen LogP contribution in [-0.2, 0) is 20.7 Å². The maximum atomic E-state index is 12.4. The van der Waals surface area contributed by atoms with E-state index in [1.165, 1.54) is 0 Å². The van der Waals surface area contributed by atoms with Crippen LogP contribution in [0.25, 0.3) is 0 Å². The lowest BCUT2D eigenvalue weighted by atomic mass is 9.92. The summed E-state index contributed by atoms with van der Waals surface area (Å²) >= 11 is 11.9. The van der Waals surface area contributed by atoms with Crippen LogP contribution in [0, 0.1) is 0 Å². The molecule has 31 heavy (non-hydrogen) atoms. The molecule has 1 rings (SSSR count). The first-order chi connectivity index (χ1) is 14.6. The summed E-state index contributed by atoms with van der Waals surface area (Å²) in [4.78, 5) is 25.5. The average molecular weight is 473 g/mol. The van der Waals surface area contributed by atoms with Crippen LogP contribution in [0.2, 0.25) is 0 Å². The van der Waals surface area contributed by atoms with Gasteiger partial charge in [-0.3, -0.25) is 4.79 Å². The maximum absolute atomic E-state index is 12.4. The molecule has 1 atom stereocenters. The Morgan fingerprint density at radius 3 is 2.39 bits per heavy atom. The highest BCUT2D eigenvalue weighted by Gasteiger charge is 2.22. The fourth-order valence-electron chi connectivity index (χ4n) is 3.15. The molecule has 0 bridgehead atoms. The van der Waals surface area contributed by atoms with E-state index in [1.807, 2.05) is 52.8 Å². The van der Waals surface area contributed by atoms with Gasteiger partial charge in [0.2, 0.25) is 0 Å². The number of nitrogens with zero attached hydrogens (tertiary/aromatic N) is 1. The van der Waals surface area contributed by atoms with Crippen molar-refractivity contribution in [3.63, 3.8) is 0 Å². The molecule has 1 aromatic carbocycles. The van der Waals surface area contributed by atoms with Crippen molar-refractivity contribution in [3.8, 4) is 5.75 Å². The lowest BCUT2D eigenvalue weighted by molar-refractivity contribution is -0.155. The van der Waals surface area contributed by atoms with E-state index in [2.05, 4.69) is 10.1 Å². The fourth-order valence-corrected chi connectivity index (χ4v) is 3.55. The van der Waals surface area contributed by atoms with Gasteiger partial charge in [-0.25, -0.2) is 0 Å². The van der Waals surface area contributed by atoms with Gasteiger partial charge in [0.15, 0.2) is 0 Å². The minimum absolute atomic E-state index is 0.00127. The zero-order chi connectivity index (χ0) is 23.4. The average Bonchev–Trinajstić information content (AvgIpc) is 2.65. The first-order valence-corrected chi connectivity index (χ1v) is 11.7. The second-order valence-electron chi connectivity index (χ2n) is 8.59. The number of carbonyl (C=O) groups is 2. The highest BCUT2D eigenvalue weighted by atomic mass is 35.5. The van der Waals surface area contributed by atoms with E-state index in [9.17, 15) is 9.59 Å². The summed E-state index contributed by atoms with van der Waals surface area (Å²) in [5, 5.41) is 3.13. The predicted molar refractivity (Wildman–Crippen MR) is 131 cm³/mol. The van der Waals surface area contributed by atoms with Gasteiger partial charge >= 0.3 is 5.97 Å². The number of benzene rings is 1. The van der Waals surface area contributed by atoms with Crippen molar-refractivity contribution < 1.29 is 19.1 Å². The molecular weight excluding hydrogens is 438 g/mol. The van der Waals surface area contributed by atoms with Gasteiger partial charge in [0.05, 0.1) is 18.7 Å². The summed E-state index contributed by atoms with van der Waals surface area (Å²) in [6, 6.07) is 5.69. The van der Waals surface area contributed by atoms with Gasteiger partial charge in [-0.05, 0) is 64.8 Å². The molecule has 0 fully saturated rings. The standard InChI is InChI=1S/C22H35BCl2N2O4/c1-16(2)30-20-7-6-19(27(10-8-24)11-9-25)13-17(20)12-18(26-23-15-28)14-21(29)31-22(3,4)5/h6-7,13,15-16,18,23,26H,8-12,14H2,1-5H3/t18-/m0/s1. The molecule has 0 aliphatic heterocycles. The van der Waals surface area contributed by atoms with Gasteiger partial charge in [-0.1, -0.05) is 0 Å². The van der Waals surface area contributed by atoms with Crippen molar-refractivity contribution in [2.75, 3.05) is 29.7 Å². The second-order valence-corrected chi connectivity index (χ2v) is 9.35. The van der Waals surface area contributed by atoms with Crippen molar-refractivity contribution in [1.82, 2.24) is 5.23 Å². The van der Waals surface area contributed by atoms with Crippen LogP contribution >= 0.6 is 23.2 Å². The van der Waals surface area contributed by atoms with Crippen molar-refractivity contribution in [3.05, 3.63) is 23.8 Å². The molecule has 0 aliphatic carbocycles. The molecule has 0 spiro atoms. The van der Waals surface area contributed by atoms with Gasteiger partial charge in [-0.15, -0.1) is 23.2 Å². The van der Waals surface area contributed by atoms with Crippen LogP contribution in [0.4, 0.5) is 5.69 Å². The van der Waals surface area contributed by atoms with E-state index in [1.54, 1.807) is 0 Å². The molecule has 1 aromatic rings. The fraction of sp³-hybridized carbons (Fsp3) is 0.636. The lowest BCUT2D eigenvalue weighted by Crippen LogP contribution is -2.38. The number of rotatable bonds is 14. The number of hydrogen-bond donors (Lipinski definition) is 1. The molecule has 9 heteroatoms.